The van der Waals surface area contributed by atoms with Gasteiger partial charge in [0.1, 0.15) is 23.3 Å². The number of rotatable bonds is 4. The molecule has 0 aliphatic heterocycles. The summed E-state index contributed by atoms with van der Waals surface area (Å²) >= 11 is 2.86. The van der Waals surface area contributed by atoms with Gasteiger partial charge < -0.3 is 4.42 Å². The fraction of sp³-hybridized carbons (Fsp3) is 0. The standard InChI is InChI=1S/C17H8N4O2S2/c18-9-11(7-13-3-1-5-24-13)15-20-17(22)21-16(23-15)12(10-19)8-14-4-2-6-25-14/h1-8H/b11-7-,12-8-. The van der Waals surface area contributed by atoms with Gasteiger partial charge in [-0.05, 0) is 35.0 Å². The molecule has 0 spiro atoms. The van der Waals surface area contributed by atoms with E-state index >= 15 is 0 Å². The topological polar surface area (TPSA) is 104 Å². The predicted molar refractivity (Wildman–Crippen MR) is 96.2 cm³/mol. The summed E-state index contributed by atoms with van der Waals surface area (Å²) in [5.41, 5.74) is -0.663. The van der Waals surface area contributed by atoms with Crippen molar-refractivity contribution in [2.45, 2.75) is 0 Å². The molecule has 3 heterocycles. The molecule has 3 rings (SSSR count). The van der Waals surface area contributed by atoms with Crippen molar-refractivity contribution in [3.63, 3.8) is 0 Å². The average Bonchev–Trinajstić information content (AvgIpc) is 3.30. The molecule has 0 N–H and O–H groups in total. The van der Waals surface area contributed by atoms with Gasteiger partial charge in [-0.3, -0.25) is 0 Å². The largest absolute Gasteiger partial charge is 0.417 e. The van der Waals surface area contributed by atoms with Crippen LogP contribution in [-0.4, -0.2) is 9.97 Å². The van der Waals surface area contributed by atoms with Crippen LogP contribution in [0, 0.1) is 22.7 Å². The molecule has 3 aromatic heterocycles. The second kappa shape index (κ2) is 7.49. The zero-order chi connectivity index (χ0) is 17.6. The van der Waals surface area contributed by atoms with Crippen molar-refractivity contribution in [1.29, 1.82) is 10.5 Å². The number of hydrogen-bond acceptors (Lipinski definition) is 8. The van der Waals surface area contributed by atoms with Crippen molar-refractivity contribution in [2.75, 3.05) is 0 Å². The third-order valence-corrected chi connectivity index (χ3v) is 4.59. The first-order chi connectivity index (χ1) is 12.2. The molecule has 3 aromatic rings. The molecular weight excluding hydrogens is 356 g/mol. The molecule has 0 amide bonds. The van der Waals surface area contributed by atoms with Gasteiger partial charge >= 0.3 is 5.69 Å². The first-order valence-corrected chi connectivity index (χ1v) is 8.66. The van der Waals surface area contributed by atoms with E-state index in [0.717, 1.165) is 9.75 Å². The highest BCUT2D eigenvalue weighted by molar-refractivity contribution is 7.11. The Morgan fingerprint density at radius 1 is 0.960 bits per heavy atom. The maximum absolute atomic E-state index is 11.8. The van der Waals surface area contributed by atoms with Crippen molar-refractivity contribution in [3.05, 3.63) is 67.0 Å². The van der Waals surface area contributed by atoms with E-state index in [-0.39, 0.29) is 22.9 Å². The van der Waals surface area contributed by atoms with Gasteiger partial charge in [0, 0.05) is 9.75 Å². The van der Waals surface area contributed by atoms with Gasteiger partial charge in [0.25, 0.3) is 0 Å². The minimum atomic E-state index is -0.823. The minimum Gasteiger partial charge on any atom is -0.417 e. The summed E-state index contributed by atoms with van der Waals surface area (Å²) in [6, 6.07) is 11.2. The summed E-state index contributed by atoms with van der Waals surface area (Å²) in [4.78, 5) is 20.7. The lowest BCUT2D eigenvalue weighted by Crippen LogP contribution is -2.14. The van der Waals surface area contributed by atoms with Gasteiger partial charge in [-0.2, -0.15) is 20.5 Å². The SMILES string of the molecule is N#C/C(=C/c1cccs1)c1nc(=O)nc(/C(C#N)=C\c2cccs2)o1. The second-order valence-corrected chi connectivity index (χ2v) is 6.55. The lowest BCUT2D eigenvalue weighted by molar-refractivity contribution is 0.471. The molecule has 0 saturated heterocycles. The van der Waals surface area contributed by atoms with Gasteiger partial charge in [0.15, 0.2) is 0 Å². The van der Waals surface area contributed by atoms with E-state index in [1.54, 1.807) is 12.2 Å². The van der Waals surface area contributed by atoms with Crippen LogP contribution in [0.1, 0.15) is 21.5 Å². The van der Waals surface area contributed by atoms with Crippen LogP contribution in [0.2, 0.25) is 0 Å². The Hall–Kier alpha value is -3.33. The maximum atomic E-state index is 11.8. The number of aromatic nitrogens is 2. The van der Waals surface area contributed by atoms with Crippen LogP contribution < -0.4 is 5.69 Å². The molecule has 0 aromatic carbocycles. The molecule has 0 unspecified atom stereocenters. The van der Waals surface area contributed by atoms with E-state index in [1.807, 2.05) is 47.2 Å². The molecule has 0 radical (unpaired) electrons. The van der Waals surface area contributed by atoms with E-state index in [0.29, 0.717) is 0 Å². The summed E-state index contributed by atoms with van der Waals surface area (Å²) in [5, 5.41) is 22.4. The highest BCUT2D eigenvalue weighted by Crippen LogP contribution is 2.22. The van der Waals surface area contributed by atoms with Crippen molar-refractivity contribution in [3.8, 4) is 12.1 Å². The molecule has 0 aliphatic rings. The summed E-state index contributed by atoms with van der Waals surface area (Å²) in [6.07, 6.45) is 3.13. The number of nitriles is 2. The number of nitrogens with zero attached hydrogens (tertiary/aromatic N) is 4. The molecule has 8 heteroatoms. The van der Waals surface area contributed by atoms with Crippen molar-refractivity contribution in [1.82, 2.24) is 9.97 Å². The van der Waals surface area contributed by atoms with Gasteiger partial charge in [-0.25, -0.2) is 4.79 Å². The number of allylic oxidation sites excluding steroid dienone is 2. The predicted octanol–water partition coefficient (Wildman–Crippen LogP) is 3.68. The maximum Gasteiger partial charge on any atom is 0.373 e. The van der Waals surface area contributed by atoms with Crippen LogP contribution in [-0.2, 0) is 0 Å². The first kappa shape index (κ1) is 16.5. The highest BCUT2D eigenvalue weighted by atomic mass is 32.1. The Morgan fingerprint density at radius 2 is 1.44 bits per heavy atom. The Kier molecular flexibility index (Phi) is 4.95. The summed E-state index contributed by atoms with van der Waals surface area (Å²) in [5.74, 6) is -0.337. The van der Waals surface area contributed by atoms with Crippen molar-refractivity contribution in [2.24, 2.45) is 0 Å². The zero-order valence-corrected chi connectivity index (χ0v) is 14.2. The van der Waals surface area contributed by atoms with E-state index in [2.05, 4.69) is 9.97 Å². The summed E-state index contributed by atoms with van der Waals surface area (Å²) in [7, 11) is 0. The first-order valence-electron chi connectivity index (χ1n) is 6.90. The van der Waals surface area contributed by atoms with Crippen LogP contribution in [0.5, 0.6) is 0 Å². The molecule has 0 bridgehead atoms. The molecule has 0 fully saturated rings. The highest BCUT2D eigenvalue weighted by Gasteiger charge is 2.14. The Bertz CT molecular complexity index is 996. The molecular formula is C17H8N4O2S2. The Balaban J connectivity index is 2.08. The third-order valence-electron chi connectivity index (χ3n) is 2.95. The van der Waals surface area contributed by atoms with Gasteiger partial charge in [0.05, 0.1) is 0 Å². The molecule has 0 saturated carbocycles. The van der Waals surface area contributed by atoms with Crippen molar-refractivity contribution >= 4 is 46.0 Å². The third kappa shape index (κ3) is 3.96. The Labute approximate surface area is 150 Å². The van der Waals surface area contributed by atoms with E-state index in [9.17, 15) is 15.3 Å². The van der Waals surface area contributed by atoms with Gasteiger partial charge in [-0.15, -0.1) is 22.7 Å². The lowest BCUT2D eigenvalue weighted by Gasteiger charge is -2.00. The van der Waals surface area contributed by atoms with E-state index in [4.69, 9.17) is 4.42 Å². The zero-order valence-electron chi connectivity index (χ0n) is 12.5. The molecule has 0 atom stereocenters. The monoisotopic (exact) mass is 364 g/mol. The van der Waals surface area contributed by atoms with E-state index in [1.165, 1.54) is 22.7 Å². The van der Waals surface area contributed by atoms with Gasteiger partial charge in [0.2, 0.25) is 11.8 Å². The van der Waals surface area contributed by atoms with Crippen LogP contribution in [0.25, 0.3) is 23.3 Å². The average molecular weight is 364 g/mol. The van der Waals surface area contributed by atoms with E-state index < -0.39 is 5.69 Å². The molecule has 25 heavy (non-hydrogen) atoms. The smallest absolute Gasteiger partial charge is 0.373 e. The minimum absolute atomic E-state index is 0.0802. The van der Waals surface area contributed by atoms with Crippen LogP contribution in [0.3, 0.4) is 0 Å². The van der Waals surface area contributed by atoms with Crippen LogP contribution >= 0.6 is 22.7 Å². The fourth-order valence-corrected chi connectivity index (χ4v) is 3.20. The quantitative estimate of drug-likeness (QED) is 0.654. The van der Waals surface area contributed by atoms with Crippen molar-refractivity contribution < 1.29 is 4.42 Å². The summed E-state index contributed by atoms with van der Waals surface area (Å²) < 4.78 is 5.47. The molecule has 0 aliphatic carbocycles. The van der Waals surface area contributed by atoms with Crippen LogP contribution in [0.15, 0.2) is 44.2 Å². The summed E-state index contributed by atoms with van der Waals surface area (Å²) in [6.45, 7) is 0. The van der Waals surface area contributed by atoms with Gasteiger partial charge in [-0.1, -0.05) is 12.1 Å². The molecule has 6 nitrogen and oxygen atoms in total. The normalized spacial score (nSPS) is 11.8. The second-order valence-electron chi connectivity index (χ2n) is 4.59. The molecule has 120 valence electrons. The van der Waals surface area contributed by atoms with Crippen LogP contribution in [0.4, 0.5) is 0 Å². The fourth-order valence-electron chi connectivity index (χ4n) is 1.88. The number of thiophene rings is 2. The number of hydrogen-bond donors (Lipinski definition) is 0. The Morgan fingerprint density at radius 3 is 1.80 bits per heavy atom. The lowest BCUT2D eigenvalue weighted by atomic mass is 10.2.